The summed E-state index contributed by atoms with van der Waals surface area (Å²) in [4.78, 5) is 13.2. The lowest BCUT2D eigenvalue weighted by atomic mass is 10.2. The van der Waals surface area contributed by atoms with Gasteiger partial charge in [-0.05, 0) is 38.3 Å². The van der Waals surface area contributed by atoms with Gasteiger partial charge in [0.15, 0.2) is 0 Å². The van der Waals surface area contributed by atoms with Crippen LogP contribution < -0.4 is 5.32 Å². The second kappa shape index (κ2) is 6.89. The van der Waals surface area contributed by atoms with Crippen LogP contribution in [0.5, 0.6) is 0 Å². The van der Waals surface area contributed by atoms with Crippen LogP contribution in [-0.4, -0.2) is 37.8 Å². The maximum Gasteiger partial charge on any atom is 0.253 e. The van der Waals surface area contributed by atoms with E-state index in [0.717, 1.165) is 24.1 Å². The lowest BCUT2D eigenvalue weighted by molar-refractivity contribution is -0.124. The molecule has 5 nitrogen and oxygen atoms in total. The highest BCUT2D eigenvalue weighted by molar-refractivity contribution is 7.91. The third kappa shape index (κ3) is 3.64. The highest BCUT2D eigenvalue weighted by atomic mass is 32.2. The van der Waals surface area contributed by atoms with E-state index in [1.807, 2.05) is 6.92 Å². The van der Waals surface area contributed by atoms with Gasteiger partial charge in [0.05, 0.1) is 0 Å². The highest BCUT2D eigenvalue weighted by Gasteiger charge is 2.39. The third-order valence-electron chi connectivity index (χ3n) is 3.61. The Morgan fingerprint density at radius 2 is 2.24 bits per heavy atom. The molecule has 21 heavy (non-hydrogen) atoms. The minimum atomic E-state index is -3.55. The zero-order chi connectivity index (χ0) is 15.5. The summed E-state index contributed by atoms with van der Waals surface area (Å²) in [5.74, 6) is -0.169. The molecule has 1 fully saturated rings. The van der Waals surface area contributed by atoms with Gasteiger partial charge in [-0.15, -0.1) is 11.3 Å². The fraction of sp³-hybridized carbons (Fsp3) is 0.643. The van der Waals surface area contributed by atoms with Gasteiger partial charge in [0.2, 0.25) is 5.91 Å². The Labute approximate surface area is 130 Å². The lowest BCUT2D eigenvalue weighted by Gasteiger charge is -2.22. The molecule has 1 aromatic heterocycles. The molecule has 1 amide bonds. The van der Waals surface area contributed by atoms with E-state index < -0.39 is 16.1 Å². The van der Waals surface area contributed by atoms with E-state index in [1.54, 1.807) is 12.1 Å². The van der Waals surface area contributed by atoms with Crippen LogP contribution in [0.2, 0.25) is 0 Å². The van der Waals surface area contributed by atoms with Crippen LogP contribution in [0.4, 0.5) is 0 Å². The molecule has 118 valence electrons. The molecule has 0 radical (unpaired) electrons. The number of hydrogen-bond donors (Lipinski definition) is 1. The number of unbranched alkanes of at least 4 members (excludes halogenated alkanes) is 1. The minimum absolute atomic E-state index is 0.169. The normalized spacial score (nSPS) is 19.8. The second-order valence-electron chi connectivity index (χ2n) is 5.28. The number of aryl methyl sites for hydroxylation is 1. The van der Waals surface area contributed by atoms with E-state index in [4.69, 9.17) is 0 Å². The molecule has 0 saturated carbocycles. The van der Waals surface area contributed by atoms with E-state index in [2.05, 4.69) is 12.2 Å². The standard InChI is InChI=1S/C14H22N2O3S2/c1-3-4-9-15-14(17)12-6-5-10-16(12)21(18,19)13-8-7-11(2)20-13/h7-8,12H,3-6,9-10H2,1-2H3,(H,15,17). The quantitative estimate of drug-likeness (QED) is 0.813. The van der Waals surface area contributed by atoms with Crippen molar-refractivity contribution in [1.29, 1.82) is 0 Å². The fourth-order valence-electron chi connectivity index (χ4n) is 2.46. The number of rotatable bonds is 6. The number of sulfonamides is 1. The van der Waals surface area contributed by atoms with Crippen LogP contribution in [0, 0.1) is 6.92 Å². The SMILES string of the molecule is CCCCNC(=O)C1CCCN1S(=O)(=O)c1ccc(C)s1. The first-order valence-corrected chi connectivity index (χ1v) is 9.58. The molecule has 2 heterocycles. The molecule has 1 unspecified atom stereocenters. The van der Waals surface area contributed by atoms with Gasteiger partial charge >= 0.3 is 0 Å². The molecule has 0 bridgehead atoms. The van der Waals surface area contributed by atoms with Gasteiger partial charge in [0, 0.05) is 18.0 Å². The topological polar surface area (TPSA) is 66.5 Å². The smallest absolute Gasteiger partial charge is 0.253 e. The summed E-state index contributed by atoms with van der Waals surface area (Å²) in [5.41, 5.74) is 0. The summed E-state index contributed by atoms with van der Waals surface area (Å²) in [6, 6.07) is 2.86. The van der Waals surface area contributed by atoms with Gasteiger partial charge in [-0.1, -0.05) is 13.3 Å². The molecule has 1 aliphatic heterocycles. The van der Waals surface area contributed by atoms with Crippen molar-refractivity contribution in [3.8, 4) is 0 Å². The summed E-state index contributed by atoms with van der Waals surface area (Å²) in [6.07, 6.45) is 3.24. The molecule has 1 atom stereocenters. The summed E-state index contributed by atoms with van der Waals surface area (Å²) in [6.45, 7) is 4.96. The van der Waals surface area contributed by atoms with Crippen molar-refractivity contribution in [2.75, 3.05) is 13.1 Å². The van der Waals surface area contributed by atoms with Crippen LogP contribution >= 0.6 is 11.3 Å². The van der Waals surface area contributed by atoms with E-state index >= 15 is 0 Å². The minimum Gasteiger partial charge on any atom is -0.355 e. The van der Waals surface area contributed by atoms with Crippen LogP contribution in [0.15, 0.2) is 16.3 Å². The van der Waals surface area contributed by atoms with Gasteiger partial charge in [0.25, 0.3) is 10.0 Å². The summed E-state index contributed by atoms with van der Waals surface area (Å²) < 4.78 is 27.0. The van der Waals surface area contributed by atoms with Crippen LogP contribution in [0.1, 0.15) is 37.5 Å². The molecule has 2 rings (SSSR count). The molecule has 1 saturated heterocycles. The molecule has 0 spiro atoms. The van der Waals surface area contributed by atoms with Gasteiger partial charge in [0.1, 0.15) is 10.3 Å². The first-order valence-electron chi connectivity index (χ1n) is 7.33. The van der Waals surface area contributed by atoms with Crippen LogP contribution in [0.25, 0.3) is 0 Å². The number of hydrogen-bond acceptors (Lipinski definition) is 4. The molecular weight excluding hydrogens is 308 g/mol. The van der Waals surface area contributed by atoms with Crippen molar-refractivity contribution in [3.05, 3.63) is 17.0 Å². The molecule has 1 N–H and O–H groups in total. The predicted octanol–water partition coefficient (Wildman–Crippen LogP) is 2.13. The van der Waals surface area contributed by atoms with E-state index in [0.29, 0.717) is 23.7 Å². The maximum absolute atomic E-state index is 12.6. The molecule has 1 aliphatic rings. The van der Waals surface area contributed by atoms with Crippen molar-refractivity contribution in [2.45, 2.75) is 49.8 Å². The Hall–Kier alpha value is -0.920. The first kappa shape index (κ1) is 16.5. The average molecular weight is 330 g/mol. The highest BCUT2D eigenvalue weighted by Crippen LogP contribution is 2.30. The Bertz CT molecular complexity index is 595. The molecule has 1 aromatic rings. The summed E-state index contributed by atoms with van der Waals surface area (Å²) in [7, 11) is -3.55. The largest absolute Gasteiger partial charge is 0.355 e. The van der Waals surface area contributed by atoms with Crippen molar-refractivity contribution < 1.29 is 13.2 Å². The van der Waals surface area contributed by atoms with Crippen molar-refractivity contribution in [1.82, 2.24) is 9.62 Å². The number of thiophene rings is 1. The Kier molecular flexibility index (Phi) is 5.40. The van der Waals surface area contributed by atoms with Crippen molar-refractivity contribution >= 4 is 27.3 Å². The van der Waals surface area contributed by atoms with Gasteiger partial charge in [-0.25, -0.2) is 8.42 Å². The summed E-state index contributed by atoms with van der Waals surface area (Å²) >= 11 is 1.26. The average Bonchev–Trinajstić information content (AvgIpc) is 3.07. The monoisotopic (exact) mass is 330 g/mol. The lowest BCUT2D eigenvalue weighted by Crippen LogP contribution is -2.45. The first-order chi connectivity index (χ1) is 9.96. The molecule has 0 aliphatic carbocycles. The Balaban J connectivity index is 2.12. The molecule has 0 aromatic carbocycles. The predicted molar refractivity (Wildman–Crippen MR) is 83.9 cm³/mol. The molecule has 7 heteroatoms. The summed E-state index contributed by atoms with van der Waals surface area (Å²) in [5, 5.41) is 2.84. The third-order valence-corrected chi connectivity index (χ3v) is 6.99. The van der Waals surface area contributed by atoms with Crippen molar-refractivity contribution in [2.24, 2.45) is 0 Å². The molecular formula is C14H22N2O3S2. The second-order valence-corrected chi connectivity index (χ2v) is 8.69. The van der Waals surface area contributed by atoms with Gasteiger partial charge < -0.3 is 5.32 Å². The fourth-order valence-corrected chi connectivity index (χ4v) is 5.53. The van der Waals surface area contributed by atoms with E-state index in [9.17, 15) is 13.2 Å². The Morgan fingerprint density at radius 3 is 2.86 bits per heavy atom. The van der Waals surface area contributed by atoms with E-state index in [1.165, 1.54) is 15.6 Å². The number of nitrogens with zero attached hydrogens (tertiary/aromatic N) is 1. The van der Waals surface area contributed by atoms with Gasteiger partial charge in [-0.3, -0.25) is 4.79 Å². The Morgan fingerprint density at radius 1 is 1.48 bits per heavy atom. The van der Waals surface area contributed by atoms with Crippen LogP contribution in [0.3, 0.4) is 0 Å². The zero-order valence-electron chi connectivity index (χ0n) is 12.5. The number of amides is 1. The number of nitrogens with one attached hydrogen (secondary N) is 1. The maximum atomic E-state index is 12.6. The zero-order valence-corrected chi connectivity index (χ0v) is 14.1. The van der Waals surface area contributed by atoms with E-state index in [-0.39, 0.29) is 5.91 Å². The number of carbonyl (C=O) groups excluding carboxylic acids is 1. The van der Waals surface area contributed by atoms with Crippen molar-refractivity contribution in [3.63, 3.8) is 0 Å². The van der Waals surface area contributed by atoms with Crippen LogP contribution in [-0.2, 0) is 14.8 Å². The number of carbonyl (C=O) groups is 1. The van der Waals surface area contributed by atoms with Gasteiger partial charge in [-0.2, -0.15) is 4.31 Å².